The second-order valence-corrected chi connectivity index (χ2v) is 6.42. The molecule has 0 N–H and O–H groups in total. The molecule has 0 bridgehead atoms. The van der Waals surface area contributed by atoms with Crippen LogP contribution in [0.1, 0.15) is 30.0 Å². The van der Waals surface area contributed by atoms with Gasteiger partial charge in [-0.25, -0.2) is 4.68 Å². The van der Waals surface area contributed by atoms with Gasteiger partial charge in [-0.1, -0.05) is 53.0 Å². The van der Waals surface area contributed by atoms with E-state index in [-0.39, 0.29) is 15.6 Å². The van der Waals surface area contributed by atoms with E-state index >= 15 is 0 Å². The summed E-state index contributed by atoms with van der Waals surface area (Å²) < 4.78 is 1.38. The van der Waals surface area contributed by atoms with Crippen LogP contribution in [-0.2, 0) is 6.67 Å². The monoisotopic (exact) mass is 337 g/mol. The summed E-state index contributed by atoms with van der Waals surface area (Å²) in [6.07, 6.45) is 3.61. The number of likely N-dealkylation sites (tertiary alicyclic amines) is 1. The van der Waals surface area contributed by atoms with Gasteiger partial charge in [-0.15, -0.1) is 0 Å². The van der Waals surface area contributed by atoms with Crippen molar-refractivity contribution in [3.63, 3.8) is 0 Å². The van der Waals surface area contributed by atoms with Gasteiger partial charge in [0.2, 0.25) is 0 Å². The maximum Gasteiger partial charge on any atom is 0.288 e. The van der Waals surface area contributed by atoms with Gasteiger partial charge >= 0.3 is 0 Å². The lowest BCUT2D eigenvalue weighted by molar-refractivity contribution is 0.187. The van der Waals surface area contributed by atoms with Crippen molar-refractivity contribution in [3.8, 4) is 0 Å². The summed E-state index contributed by atoms with van der Waals surface area (Å²) >= 11 is 11.7. The minimum atomic E-state index is -0.343. The quantitative estimate of drug-likeness (QED) is 0.857. The van der Waals surface area contributed by atoms with Crippen LogP contribution in [0.3, 0.4) is 0 Å². The summed E-state index contributed by atoms with van der Waals surface area (Å²) in [6.45, 7) is 3.45. The molecule has 1 aliphatic rings. The molecule has 1 saturated heterocycles. The normalized spacial score (nSPS) is 18.8. The zero-order chi connectivity index (χ0) is 15.7. The zero-order valence-corrected chi connectivity index (χ0v) is 13.8. The Bertz CT molecular complexity index is 744. The molecule has 1 aliphatic heterocycles. The molecule has 22 heavy (non-hydrogen) atoms. The van der Waals surface area contributed by atoms with E-state index in [4.69, 9.17) is 23.2 Å². The van der Waals surface area contributed by atoms with E-state index in [1.165, 1.54) is 22.0 Å². The highest BCUT2D eigenvalue weighted by molar-refractivity contribution is 6.41. The predicted octanol–water partition coefficient (Wildman–Crippen LogP) is 3.65. The fourth-order valence-electron chi connectivity index (χ4n) is 2.97. The number of halogens is 2. The van der Waals surface area contributed by atoms with Crippen molar-refractivity contribution in [1.29, 1.82) is 0 Å². The van der Waals surface area contributed by atoms with E-state index in [1.807, 2.05) is 0 Å². The van der Waals surface area contributed by atoms with Gasteiger partial charge in [0.25, 0.3) is 5.56 Å². The molecule has 0 saturated carbocycles. The summed E-state index contributed by atoms with van der Waals surface area (Å²) in [5.41, 5.74) is 2.18. The Hall–Kier alpha value is -1.36. The van der Waals surface area contributed by atoms with Crippen molar-refractivity contribution in [1.82, 2.24) is 14.7 Å². The molecule has 1 aromatic heterocycles. The van der Waals surface area contributed by atoms with Crippen LogP contribution in [0.25, 0.3) is 0 Å². The Balaban J connectivity index is 1.86. The Kier molecular flexibility index (Phi) is 4.52. The van der Waals surface area contributed by atoms with Gasteiger partial charge in [0.05, 0.1) is 17.9 Å². The van der Waals surface area contributed by atoms with Crippen LogP contribution >= 0.6 is 23.2 Å². The average molecular weight is 338 g/mol. The molecule has 0 radical (unpaired) electrons. The van der Waals surface area contributed by atoms with Crippen LogP contribution in [0.4, 0.5) is 0 Å². The minimum Gasteiger partial charge on any atom is -0.277 e. The van der Waals surface area contributed by atoms with Crippen molar-refractivity contribution < 1.29 is 0 Å². The third-order valence-corrected chi connectivity index (χ3v) is 4.80. The third kappa shape index (κ3) is 3.05. The summed E-state index contributed by atoms with van der Waals surface area (Å²) in [7, 11) is 0. The van der Waals surface area contributed by atoms with Crippen molar-refractivity contribution in [3.05, 3.63) is 62.0 Å². The largest absolute Gasteiger partial charge is 0.288 e. The van der Waals surface area contributed by atoms with Gasteiger partial charge < -0.3 is 0 Å². The van der Waals surface area contributed by atoms with Gasteiger partial charge in [0, 0.05) is 12.6 Å². The van der Waals surface area contributed by atoms with Crippen LogP contribution in [0.2, 0.25) is 10.0 Å². The van der Waals surface area contributed by atoms with Crippen molar-refractivity contribution in [2.24, 2.45) is 0 Å². The first kappa shape index (κ1) is 15.5. The highest BCUT2D eigenvalue weighted by Crippen LogP contribution is 2.32. The first-order chi connectivity index (χ1) is 10.6. The third-order valence-electron chi connectivity index (χ3n) is 4.05. The molecule has 116 valence electrons. The first-order valence-electron chi connectivity index (χ1n) is 7.28. The van der Waals surface area contributed by atoms with Crippen LogP contribution in [0.15, 0.2) is 35.3 Å². The molecule has 0 aliphatic carbocycles. The molecule has 6 heteroatoms. The van der Waals surface area contributed by atoms with Gasteiger partial charge in [0.15, 0.2) is 0 Å². The predicted molar refractivity (Wildman–Crippen MR) is 88.4 cm³/mol. The van der Waals surface area contributed by atoms with Gasteiger partial charge in [-0.2, -0.15) is 5.10 Å². The van der Waals surface area contributed by atoms with Crippen molar-refractivity contribution in [2.45, 2.75) is 32.5 Å². The topological polar surface area (TPSA) is 38.1 Å². The molecule has 0 unspecified atom stereocenters. The Morgan fingerprint density at radius 2 is 2.18 bits per heavy atom. The highest BCUT2D eigenvalue weighted by atomic mass is 35.5. The lowest BCUT2D eigenvalue weighted by Crippen LogP contribution is -2.33. The molecular weight excluding hydrogens is 321 g/mol. The first-order valence-corrected chi connectivity index (χ1v) is 8.03. The van der Waals surface area contributed by atoms with E-state index < -0.39 is 0 Å². The molecule has 1 atom stereocenters. The molecule has 3 rings (SSSR count). The fraction of sp³-hybridized carbons (Fsp3) is 0.375. The lowest BCUT2D eigenvalue weighted by atomic mass is 10.0. The van der Waals surface area contributed by atoms with Crippen LogP contribution in [0, 0.1) is 6.92 Å². The molecule has 0 spiro atoms. The van der Waals surface area contributed by atoms with E-state index in [2.05, 4.69) is 41.2 Å². The lowest BCUT2D eigenvalue weighted by Gasteiger charge is -2.25. The second-order valence-electron chi connectivity index (χ2n) is 5.64. The van der Waals surface area contributed by atoms with Gasteiger partial charge in [-0.05, 0) is 25.3 Å². The van der Waals surface area contributed by atoms with Crippen LogP contribution in [-0.4, -0.2) is 21.2 Å². The maximum absolute atomic E-state index is 12.1. The van der Waals surface area contributed by atoms with E-state index in [0.717, 1.165) is 19.4 Å². The molecule has 2 heterocycles. The van der Waals surface area contributed by atoms with Crippen LogP contribution in [0.5, 0.6) is 0 Å². The number of benzene rings is 1. The van der Waals surface area contributed by atoms with E-state index in [0.29, 0.717) is 12.7 Å². The zero-order valence-electron chi connectivity index (χ0n) is 12.3. The number of aryl methyl sites for hydroxylation is 1. The minimum absolute atomic E-state index is 0.0305. The van der Waals surface area contributed by atoms with Crippen LogP contribution < -0.4 is 5.56 Å². The molecule has 2 aromatic rings. The number of nitrogens with zero attached hydrogens (tertiary/aromatic N) is 3. The number of aromatic nitrogens is 2. The van der Waals surface area contributed by atoms with E-state index in [1.54, 1.807) is 0 Å². The number of hydrogen-bond acceptors (Lipinski definition) is 3. The number of hydrogen-bond donors (Lipinski definition) is 0. The molecule has 0 amide bonds. The summed E-state index contributed by atoms with van der Waals surface area (Å²) in [5.74, 6) is 0. The molecule has 1 fully saturated rings. The summed E-state index contributed by atoms with van der Waals surface area (Å²) in [6, 6.07) is 8.82. The summed E-state index contributed by atoms with van der Waals surface area (Å²) in [4.78, 5) is 14.4. The maximum atomic E-state index is 12.1. The number of rotatable bonds is 3. The smallest absolute Gasteiger partial charge is 0.277 e. The Labute approximate surface area is 139 Å². The van der Waals surface area contributed by atoms with E-state index in [9.17, 15) is 4.79 Å². The van der Waals surface area contributed by atoms with Crippen molar-refractivity contribution >= 4 is 23.2 Å². The van der Waals surface area contributed by atoms with Gasteiger partial charge in [0.1, 0.15) is 5.02 Å². The average Bonchev–Trinajstić information content (AvgIpc) is 2.96. The molecule has 4 nitrogen and oxygen atoms in total. The fourth-order valence-corrected chi connectivity index (χ4v) is 3.24. The Morgan fingerprint density at radius 3 is 2.95 bits per heavy atom. The van der Waals surface area contributed by atoms with Gasteiger partial charge in [-0.3, -0.25) is 9.69 Å². The standard InChI is InChI=1S/C16H17Cl2N3O/c1-11-4-2-5-12(8-11)14-6-3-7-20(14)10-21-16(22)15(18)13(17)9-19-21/h2,4-5,8-9,14H,3,6-7,10H2,1H3/t14-/m1/s1. The Morgan fingerprint density at radius 1 is 1.36 bits per heavy atom. The van der Waals surface area contributed by atoms with Crippen molar-refractivity contribution in [2.75, 3.05) is 6.54 Å². The SMILES string of the molecule is Cc1cccc([C@H]2CCCN2Cn2ncc(Cl)c(Cl)c2=O)c1. The highest BCUT2D eigenvalue weighted by Gasteiger charge is 2.26. The molecule has 1 aromatic carbocycles. The second kappa shape index (κ2) is 6.41. The summed E-state index contributed by atoms with van der Waals surface area (Å²) in [5, 5.41) is 4.32. The molecular formula is C16H17Cl2N3O.